The zero-order valence-corrected chi connectivity index (χ0v) is 15.4. The van der Waals surface area contributed by atoms with Gasteiger partial charge in [0, 0.05) is 17.5 Å². The number of nitrogens with one attached hydrogen (secondary N) is 2. The number of carbonyl (C=O) groups excluding carboxylic acids is 2. The van der Waals surface area contributed by atoms with Crippen LogP contribution in [0.1, 0.15) is 45.4 Å². The first kappa shape index (κ1) is 19.1. The molecule has 134 valence electrons. The van der Waals surface area contributed by atoms with E-state index < -0.39 is 11.8 Å². The molecule has 2 rings (SSSR count). The first-order valence-corrected chi connectivity index (χ1v) is 9.68. The molecule has 6 heteroatoms. The summed E-state index contributed by atoms with van der Waals surface area (Å²) in [5.41, 5.74) is 1.76. The lowest BCUT2D eigenvalue weighted by molar-refractivity contribution is -0.136. The SMILES string of the molecule is CCCCCCCCNC(=O)C(=O)Nc1nc(-c2ccccc2)cs1. The molecule has 0 aliphatic rings. The minimum Gasteiger partial charge on any atom is -0.348 e. The van der Waals surface area contributed by atoms with Crippen molar-refractivity contribution in [1.29, 1.82) is 0 Å². The largest absolute Gasteiger partial charge is 0.348 e. The van der Waals surface area contributed by atoms with E-state index >= 15 is 0 Å². The van der Waals surface area contributed by atoms with Gasteiger partial charge in [0.05, 0.1) is 5.69 Å². The predicted molar refractivity (Wildman–Crippen MR) is 103 cm³/mol. The van der Waals surface area contributed by atoms with E-state index in [4.69, 9.17) is 0 Å². The number of benzene rings is 1. The molecule has 1 heterocycles. The van der Waals surface area contributed by atoms with Crippen molar-refractivity contribution < 1.29 is 9.59 Å². The highest BCUT2D eigenvalue weighted by atomic mass is 32.1. The molecule has 0 spiro atoms. The van der Waals surface area contributed by atoms with Crippen LogP contribution in [-0.4, -0.2) is 23.3 Å². The van der Waals surface area contributed by atoms with Gasteiger partial charge in [-0.05, 0) is 6.42 Å². The maximum Gasteiger partial charge on any atom is 0.315 e. The molecule has 0 radical (unpaired) electrons. The topological polar surface area (TPSA) is 71.1 Å². The number of unbranched alkanes of at least 4 members (excludes halogenated alkanes) is 5. The van der Waals surface area contributed by atoms with Crippen LogP contribution in [-0.2, 0) is 9.59 Å². The predicted octanol–water partition coefficient (Wildman–Crippen LogP) is 4.23. The standard InChI is InChI=1S/C19H25N3O2S/c1-2-3-4-5-6-10-13-20-17(23)18(24)22-19-21-16(14-25-19)15-11-8-7-9-12-15/h7-9,11-12,14H,2-6,10,13H2,1H3,(H,20,23)(H,21,22,24). The smallest absolute Gasteiger partial charge is 0.315 e. The third kappa shape index (κ3) is 6.66. The van der Waals surface area contributed by atoms with Gasteiger partial charge in [-0.15, -0.1) is 11.3 Å². The Morgan fingerprint density at radius 2 is 1.72 bits per heavy atom. The van der Waals surface area contributed by atoms with Crippen molar-refractivity contribution in [2.75, 3.05) is 11.9 Å². The molecule has 1 aromatic heterocycles. The molecular weight excluding hydrogens is 334 g/mol. The van der Waals surface area contributed by atoms with E-state index in [9.17, 15) is 9.59 Å². The molecule has 0 unspecified atom stereocenters. The zero-order valence-electron chi connectivity index (χ0n) is 14.6. The van der Waals surface area contributed by atoms with Crippen LogP contribution in [0.5, 0.6) is 0 Å². The molecule has 2 aromatic rings. The zero-order chi connectivity index (χ0) is 17.9. The van der Waals surface area contributed by atoms with E-state index in [1.807, 2.05) is 35.7 Å². The first-order valence-electron chi connectivity index (χ1n) is 8.81. The molecule has 2 amide bonds. The van der Waals surface area contributed by atoms with Crippen LogP contribution in [0.4, 0.5) is 5.13 Å². The molecule has 0 atom stereocenters. The van der Waals surface area contributed by atoms with Crippen LogP contribution in [0.3, 0.4) is 0 Å². The van der Waals surface area contributed by atoms with Gasteiger partial charge in [0.1, 0.15) is 0 Å². The van der Waals surface area contributed by atoms with E-state index in [0.717, 1.165) is 24.1 Å². The number of rotatable bonds is 9. The van der Waals surface area contributed by atoms with Gasteiger partial charge in [0.25, 0.3) is 0 Å². The molecule has 0 aliphatic heterocycles. The number of nitrogens with zero attached hydrogens (tertiary/aromatic N) is 1. The summed E-state index contributed by atoms with van der Waals surface area (Å²) in [6.07, 6.45) is 6.87. The highest BCUT2D eigenvalue weighted by molar-refractivity contribution is 7.14. The maximum atomic E-state index is 11.9. The summed E-state index contributed by atoms with van der Waals surface area (Å²) in [6.45, 7) is 2.72. The van der Waals surface area contributed by atoms with Crippen LogP contribution < -0.4 is 10.6 Å². The molecule has 2 N–H and O–H groups in total. The number of hydrogen-bond acceptors (Lipinski definition) is 4. The lowest BCUT2D eigenvalue weighted by atomic mass is 10.1. The van der Waals surface area contributed by atoms with E-state index in [1.165, 1.54) is 37.0 Å². The summed E-state index contributed by atoms with van der Waals surface area (Å²) < 4.78 is 0. The summed E-state index contributed by atoms with van der Waals surface area (Å²) in [4.78, 5) is 28.1. The lowest BCUT2D eigenvalue weighted by Gasteiger charge is -2.04. The average molecular weight is 359 g/mol. The second-order valence-electron chi connectivity index (χ2n) is 5.88. The molecule has 0 aliphatic carbocycles. The van der Waals surface area contributed by atoms with Crippen molar-refractivity contribution in [2.45, 2.75) is 45.4 Å². The Labute approximate surface area is 152 Å². The number of thiazole rings is 1. The van der Waals surface area contributed by atoms with Gasteiger partial charge in [0.2, 0.25) is 0 Å². The highest BCUT2D eigenvalue weighted by Gasteiger charge is 2.15. The molecule has 0 fully saturated rings. The van der Waals surface area contributed by atoms with Crippen molar-refractivity contribution in [1.82, 2.24) is 10.3 Å². The summed E-state index contributed by atoms with van der Waals surface area (Å²) in [6, 6.07) is 9.71. The van der Waals surface area contributed by atoms with Crippen molar-refractivity contribution in [3.05, 3.63) is 35.7 Å². The second-order valence-corrected chi connectivity index (χ2v) is 6.74. The third-order valence-corrected chi connectivity index (χ3v) is 4.57. The first-order chi connectivity index (χ1) is 12.2. The average Bonchev–Trinajstić information content (AvgIpc) is 3.10. The maximum absolute atomic E-state index is 11.9. The van der Waals surface area contributed by atoms with Crippen molar-refractivity contribution >= 4 is 28.3 Å². The van der Waals surface area contributed by atoms with Crippen molar-refractivity contribution in [2.24, 2.45) is 0 Å². The highest BCUT2D eigenvalue weighted by Crippen LogP contribution is 2.24. The van der Waals surface area contributed by atoms with E-state index in [2.05, 4.69) is 22.5 Å². The molecule has 0 bridgehead atoms. The fourth-order valence-corrected chi connectivity index (χ4v) is 3.13. The summed E-state index contributed by atoms with van der Waals surface area (Å²) >= 11 is 1.31. The van der Waals surface area contributed by atoms with Gasteiger partial charge in [-0.1, -0.05) is 69.4 Å². The number of hydrogen-bond donors (Lipinski definition) is 2. The fraction of sp³-hybridized carbons (Fsp3) is 0.421. The van der Waals surface area contributed by atoms with Crippen LogP contribution in [0.25, 0.3) is 11.3 Å². The number of aromatic nitrogens is 1. The van der Waals surface area contributed by atoms with Crippen LogP contribution in [0.2, 0.25) is 0 Å². The van der Waals surface area contributed by atoms with Gasteiger partial charge in [-0.2, -0.15) is 0 Å². The van der Waals surface area contributed by atoms with E-state index in [1.54, 1.807) is 0 Å². The van der Waals surface area contributed by atoms with Crippen molar-refractivity contribution in [3.63, 3.8) is 0 Å². The van der Waals surface area contributed by atoms with Gasteiger partial charge in [-0.25, -0.2) is 4.98 Å². The molecular formula is C19H25N3O2S. The lowest BCUT2D eigenvalue weighted by Crippen LogP contribution is -2.35. The Kier molecular flexibility index (Phi) is 8.12. The Balaban J connectivity index is 1.71. The van der Waals surface area contributed by atoms with E-state index in [-0.39, 0.29) is 0 Å². The summed E-state index contributed by atoms with van der Waals surface area (Å²) in [5.74, 6) is -1.27. The number of anilines is 1. The van der Waals surface area contributed by atoms with Crippen LogP contribution >= 0.6 is 11.3 Å². The minimum atomic E-state index is -0.667. The van der Waals surface area contributed by atoms with Gasteiger partial charge < -0.3 is 5.32 Å². The van der Waals surface area contributed by atoms with Crippen LogP contribution in [0.15, 0.2) is 35.7 Å². The number of carbonyl (C=O) groups is 2. The second kappa shape index (κ2) is 10.6. The summed E-state index contributed by atoms with van der Waals surface area (Å²) in [5, 5.41) is 7.50. The molecule has 25 heavy (non-hydrogen) atoms. The quantitative estimate of drug-likeness (QED) is 0.520. The Morgan fingerprint density at radius 1 is 1.00 bits per heavy atom. The monoisotopic (exact) mass is 359 g/mol. The molecule has 0 saturated carbocycles. The molecule has 1 aromatic carbocycles. The third-order valence-electron chi connectivity index (χ3n) is 3.82. The molecule has 5 nitrogen and oxygen atoms in total. The van der Waals surface area contributed by atoms with E-state index in [0.29, 0.717) is 11.7 Å². The Hall–Kier alpha value is -2.21. The van der Waals surface area contributed by atoms with Gasteiger partial charge in [0.15, 0.2) is 5.13 Å². The minimum absolute atomic E-state index is 0.429. The summed E-state index contributed by atoms with van der Waals surface area (Å²) in [7, 11) is 0. The fourth-order valence-electron chi connectivity index (χ4n) is 2.41. The molecule has 0 saturated heterocycles. The van der Waals surface area contributed by atoms with Gasteiger partial charge >= 0.3 is 11.8 Å². The van der Waals surface area contributed by atoms with Gasteiger partial charge in [-0.3, -0.25) is 14.9 Å². The Morgan fingerprint density at radius 3 is 2.48 bits per heavy atom. The Bertz CT molecular complexity index is 670. The van der Waals surface area contributed by atoms with Crippen molar-refractivity contribution in [3.8, 4) is 11.3 Å². The normalized spacial score (nSPS) is 10.4. The number of amides is 2. The van der Waals surface area contributed by atoms with Crippen LogP contribution in [0, 0.1) is 0 Å².